The molecule has 1 heterocycles. The van der Waals surface area contributed by atoms with Crippen molar-refractivity contribution in [1.29, 1.82) is 5.26 Å². The molecule has 6 nitrogen and oxygen atoms in total. The molecule has 1 aromatic heterocycles. The number of benzene rings is 3. The molecule has 7 heteroatoms. The van der Waals surface area contributed by atoms with E-state index >= 15 is 0 Å². The van der Waals surface area contributed by atoms with E-state index in [0.717, 1.165) is 0 Å². The fourth-order valence-corrected chi connectivity index (χ4v) is 3.78. The summed E-state index contributed by atoms with van der Waals surface area (Å²) in [5.41, 5.74) is 2.23. The lowest BCUT2D eigenvalue weighted by atomic mass is 10.2. The Hall–Kier alpha value is -3.89. The summed E-state index contributed by atoms with van der Waals surface area (Å²) in [4.78, 5) is 30.2. The molecule has 1 N–H and O–H groups in total. The molecule has 146 valence electrons. The minimum atomic E-state index is -0.230. The van der Waals surface area contributed by atoms with Gasteiger partial charge in [0, 0.05) is 5.69 Å². The summed E-state index contributed by atoms with van der Waals surface area (Å²) in [6.07, 6.45) is 0. The number of nitrogens with zero attached hydrogens (tertiary/aromatic N) is 3. The number of anilines is 1. The van der Waals surface area contributed by atoms with Gasteiger partial charge in [-0.15, -0.1) is 0 Å². The lowest BCUT2D eigenvalue weighted by Crippen LogP contribution is -2.22. The van der Waals surface area contributed by atoms with Crippen LogP contribution in [0.2, 0.25) is 0 Å². The topological polar surface area (TPSA) is 87.8 Å². The van der Waals surface area contributed by atoms with Crippen molar-refractivity contribution in [2.24, 2.45) is 0 Å². The van der Waals surface area contributed by atoms with Crippen LogP contribution >= 0.6 is 11.8 Å². The van der Waals surface area contributed by atoms with E-state index in [1.165, 1.54) is 16.3 Å². The molecule has 0 bridgehead atoms. The van der Waals surface area contributed by atoms with Crippen molar-refractivity contribution in [2.75, 3.05) is 11.1 Å². The van der Waals surface area contributed by atoms with Gasteiger partial charge in [-0.3, -0.25) is 14.2 Å². The van der Waals surface area contributed by atoms with E-state index in [9.17, 15) is 9.59 Å². The van der Waals surface area contributed by atoms with E-state index in [4.69, 9.17) is 5.26 Å². The molecule has 0 fully saturated rings. The van der Waals surface area contributed by atoms with E-state index < -0.39 is 0 Å². The van der Waals surface area contributed by atoms with Crippen molar-refractivity contribution < 1.29 is 4.79 Å². The predicted octanol–water partition coefficient (Wildman–Crippen LogP) is 3.99. The minimum absolute atomic E-state index is 0.0810. The third kappa shape index (κ3) is 4.09. The number of para-hydroxylation sites is 2. The van der Waals surface area contributed by atoms with Crippen LogP contribution in [-0.2, 0) is 4.79 Å². The maximum Gasteiger partial charge on any atom is 0.266 e. The summed E-state index contributed by atoms with van der Waals surface area (Å²) >= 11 is 1.19. The van der Waals surface area contributed by atoms with E-state index in [2.05, 4.69) is 10.3 Å². The fourth-order valence-electron chi connectivity index (χ4n) is 2.97. The number of thioether (sulfide) groups is 1. The SMILES string of the molecule is N#Cc1ccc(NC(=O)CSc2nc3ccccc3c(=O)n2-c2ccccc2)cc1. The van der Waals surface area contributed by atoms with Gasteiger partial charge in [0.05, 0.1) is 34.0 Å². The summed E-state index contributed by atoms with van der Waals surface area (Å²) < 4.78 is 1.53. The second-order valence-electron chi connectivity index (χ2n) is 6.41. The van der Waals surface area contributed by atoms with Crippen LogP contribution in [0, 0.1) is 11.3 Å². The highest BCUT2D eigenvalue weighted by Gasteiger charge is 2.14. The van der Waals surface area contributed by atoms with Gasteiger partial charge in [0.25, 0.3) is 5.56 Å². The van der Waals surface area contributed by atoms with Crippen LogP contribution in [0.15, 0.2) is 88.8 Å². The highest BCUT2D eigenvalue weighted by molar-refractivity contribution is 7.99. The second kappa shape index (κ2) is 8.64. The maximum atomic E-state index is 13.1. The average molecular weight is 412 g/mol. The molecule has 4 aromatic rings. The van der Waals surface area contributed by atoms with Crippen molar-refractivity contribution in [2.45, 2.75) is 5.16 Å². The molecule has 0 atom stereocenters. The van der Waals surface area contributed by atoms with Gasteiger partial charge in [-0.25, -0.2) is 4.98 Å². The van der Waals surface area contributed by atoms with Crippen molar-refractivity contribution in [3.05, 3.63) is 94.8 Å². The average Bonchev–Trinajstić information content (AvgIpc) is 2.79. The number of carbonyl (C=O) groups is 1. The molecule has 0 saturated carbocycles. The zero-order valence-corrected chi connectivity index (χ0v) is 16.6. The number of hydrogen-bond acceptors (Lipinski definition) is 5. The Morgan fingerprint density at radius 3 is 2.43 bits per heavy atom. The van der Waals surface area contributed by atoms with Gasteiger partial charge in [-0.2, -0.15) is 5.26 Å². The van der Waals surface area contributed by atoms with Crippen molar-refractivity contribution in [3.63, 3.8) is 0 Å². The first-order valence-corrected chi connectivity index (χ1v) is 10.1. The van der Waals surface area contributed by atoms with Gasteiger partial charge >= 0.3 is 0 Å². The summed E-state index contributed by atoms with van der Waals surface area (Å²) in [7, 11) is 0. The van der Waals surface area contributed by atoms with Gasteiger partial charge in [-0.1, -0.05) is 42.1 Å². The number of rotatable bonds is 5. The zero-order chi connectivity index (χ0) is 20.9. The smallest absolute Gasteiger partial charge is 0.266 e. The predicted molar refractivity (Wildman–Crippen MR) is 118 cm³/mol. The third-order valence-electron chi connectivity index (χ3n) is 4.39. The molecule has 0 aliphatic heterocycles. The molecular formula is C23H16N4O2S. The first-order valence-electron chi connectivity index (χ1n) is 9.16. The van der Waals surface area contributed by atoms with Gasteiger partial charge in [0.2, 0.25) is 5.91 Å². The second-order valence-corrected chi connectivity index (χ2v) is 7.36. The monoisotopic (exact) mass is 412 g/mol. The zero-order valence-electron chi connectivity index (χ0n) is 15.8. The van der Waals surface area contributed by atoms with Gasteiger partial charge in [0.15, 0.2) is 5.16 Å². The molecule has 0 aliphatic carbocycles. The van der Waals surface area contributed by atoms with E-state index in [1.807, 2.05) is 42.5 Å². The molecule has 0 spiro atoms. The first-order chi connectivity index (χ1) is 14.7. The number of nitrogens with one attached hydrogen (secondary N) is 1. The van der Waals surface area contributed by atoms with Crippen LogP contribution in [-0.4, -0.2) is 21.2 Å². The van der Waals surface area contributed by atoms with Gasteiger partial charge < -0.3 is 5.32 Å². The third-order valence-corrected chi connectivity index (χ3v) is 5.33. The number of amides is 1. The van der Waals surface area contributed by atoms with E-state index in [1.54, 1.807) is 42.5 Å². The van der Waals surface area contributed by atoms with Crippen LogP contribution in [0.3, 0.4) is 0 Å². The summed E-state index contributed by atoms with van der Waals surface area (Å²) in [5, 5.41) is 12.6. The van der Waals surface area contributed by atoms with Gasteiger partial charge in [0.1, 0.15) is 0 Å². The van der Waals surface area contributed by atoms with Crippen LogP contribution < -0.4 is 10.9 Å². The summed E-state index contributed by atoms with van der Waals surface area (Å²) in [6.45, 7) is 0. The molecule has 1 amide bonds. The Balaban J connectivity index is 1.62. The minimum Gasteiger partial charge on any atom is -0.325 e. The number of carbonyl (C=O) groups excluding carboxylic acids is 1. The molecule has 0 radical (unpaired) electrons. The molecule has 0 unspecified atom stereocenters. The Morgan fingerprint density at radius 2 is 1.70 bits per heavy atom. The number of aromatic nitrogens is 2. The summed E-state index contributed by atoms with van der Waals surface area (Å²) in [6, 6.07) is 25.1. The first kappa shape index (κ1) is 19.4. The van der Waals surface area contributed by atoms with Crippen LogP contribution in [0.5, 0.6) is 0 Å². The molecule has 3 aromatic carbocycles. The van der Waals surface area contributed by atoms with Crippen LogP contribution in [0.4, 0.5) is 5.69 Å². The normalized spacial score (nSPS) is 10.5. The number of hydrogen-bond donors (Lipinski definition) is 1. The Labute approximate surface area is 176 Å². The number of fused-ring (bicyclic) bond motifs is 1. The lowest BCUT2D eigenvalue weighted by molar-refractivity contribution is -0.113. The summed E-state index contributed by atoms with van der Waals surface area (Å²) in [5.74, 6) is -0.149. The van der Waals surface area contributed by atoms with Crippen molar-refractivity contribution in [1.82, 2.24) is 9.55 Å². The Morgan fingerprint density at radius 1 is 1.00 bits per heavy atom. The highest BCUT2D eigenvalue weighted by atomic mass is 32.2. The molecule has 0 aliphatic rings. The van der Waals surface area contributed by atoms with Crippen LogP contribution in [0.1, 0.15) is 5.56 Å². The van der Waals surface area contributed by atoms with E-state index in [0.29, 0.717) is 33.0 Å². The molecule has 0 saturated heterocycles. The highest BCUT2D eigenvalue weighted by Crippen LogP contribution is 2.21. The van der Waals surface area contributed by atoms with Crippen molar-refractivity contribution >= 4 is 34.3 Å². The largest absolute Gasteiger partial charge is 0.325 e. The molecule has 30 heavy (non-hydrogen) atoms. The Kier molecular flexibility index (Phi) is 5.59. The Bertz CT molecular complexity index is 1310. The quantitative estimate of drug-likeness (QED) is 0.396. The standard InChI is InChI=1S/C23H16N4O2S/c24-14-16-10-12-17(13-11-16)25-21(28)15-30-23-26-20-9-5-4-8-19(20)22(29)27(23)18-6-2-1-3-7-18/h1-13H,15H2,(H,25,28). The van der Waals surface area contributed by atoms with Gasteiger partial charge in [-0.05, 0) is 48.5 Å². The fraction of sp³-hybridized carbons (Fsp3) is 0.0435. The van der Waals surface area contributed by atoms with Crippen molar-refractivity contribution in [3.8, 4) is 11.8 Å². The lowest BCUT2D eigenvalue weighted by Gasteiger charge is -2.13. The molecule has 4 rings (SSSR count). The number of nitriles is 1. The van der Waals surface area contributed by atoms with Crippen LogP contribution in [0.25, 0.3) is 16.6 Å². The maximum absolute atomic E-state index is 13.1. The van der Waals surface area contributed by atoms with E-state index in [-0.39, 0.29) is 17.2 Å². The molecular weight excluding hydrogens is 396 g/mol.